The molecule has 0 radical (unpaired) electrons. The number of fused-ring (bicyclic) bond motifs is 3. The van der Waals surface area contributed by atoms with E-state index >= 15 is 0 Å². The SMILES string of the molecule is CN(c1ccc(-c2cc3ccncc3s2)nn1)[C@@H]1C[C@H]2CC[C@H](C2)[C@@H]1F. The molecule has 3 aromatic heterocycles. The normalized spacial score (nSPS) is 27.8. The molecule has 2 saturated carbocycles. The van der Waals surface area contributed by atoms with Gasteiger partial charge < -0.3 is 4.90 Å². The van der Waals surface area contributed by atoms with E-state index in [1.54, 1.807) is 17.5 Å². The molecule has 0 spiro atoms. The summed E-state index contributed by atoms with van der Waals surface area (Å²) in [4.78, 5) is 7.24. The molecule has 2 bridgehead atoms. The van der Waals surface area contributed by atoms with Crippen LogP contribution in [0.5, 0.6) is 0 Å². The van der Waals surface area contributed by atoms with Crippen LogP contribution in [0, 0.1) is 11.8 Å². The number of alkyl halides is 1. The highest BCUT2D eigenvalue weighted by Crippen LogP contribution is 2.45. The van der Waals surface area contributed by atoms with E-state index in [2.05, 4.69) is 21.2 Å². The highest BCUT2D eigenvalue weighted by molar-refractivity contribution is 7.22. The standard InChI is InChI=1S/C20H21FN4S/c1-25(16-9-12-2-3-14(8-12)20(16)21)19-5-4-15(23-24-19)17-10-13-6-7-22-11-18(13)26-17/h4-7,10-12,14,16,20H,2-3,8-9H2,1H3/t12-,14+,16+,20-/m0/s1. The number of rotatable bonds is 3. The van der Waals surface area contributed by atoms with Crippen LogP contribution in [0.4, 0.5) is 10.2 Å². The van der Waals surface area contributed by atoms with Crippen LogP contribution in [0.15, 0.2) is 36.7 Å². The molecule has 5 rings (SSSR count). The van der Waals surface area contributed by atoms with Gasteiger partial charge in [-0.3, -0.25) is 4.98 Å². The van der Waals surface area contributed by atoms with Gasteiger partial charge in [0.2, 0.25) is 0 Å². The van der Waals surface area contributed by atoms with Crippen molar-refractivity contribution in [3.05, 3.63) is 36.7 Å². The van der Waals surface area contributed by atoms with Gasteiger partial charge in [-0.05, 0) is 67.2 Å². The summed E-state index contributed by atoms with van der Waals surface area (Å²) in [6.45, 7) is 0. The van der Waals surface area contributed by atoms with Crippen LogP contribution in [-0.2, 0) is 0 Å². The van der Waals surface area contributed by atoms with E-state index in [9.17, 15) is 4.39 Å². The Morgan fingerprint density at radius 2 is 2.08 bits per heavy atom. The minimum absolute atomic E-state index is 0.0724. The topological polar surface area (TPSA) is 41.9 Å². The van der Waals surface area contributed by atoms with Crippen LogP contribution in [0.2, 0.25) is 0 Å². The van der Waals surface area contributed by atoms with Crippen LogP contribution in [0.25, 0.3) is 20.7 Å². The second kappa shape index (κ2) is 6.27. The summed E-state index contributed by atoms with van der Waals surface area (Å²) in [5.41, 5.74) is 0.851. The number of hydrogen-bond acceptors (Lipinski definition) is 5. The van der Waals surface area contributed by atoms with Crippen molar-refractivity contribution in [3.63, 3.8) is 0 Å². The Morgan fingerprint density at radius 3 is 2.88 bits per heavy atom. The lowest BCUT2D eigenvalue weighted by Gasteiger charge is -2.38. The summed E-state index contributed by atoms with van der Waals surface area (Å²) in [6.07, 6.45) is 7.14. The first kappa shape index (κ1) is 16.1. The lowest BCUT2D eigenvalue weighted by molar-refractivity contribution is 0.144. The molecule has 0 saturated heterocycles. The van der Waals surface area contributed by atoms with Gasteiger partial charge in [0.15, 0.2) is 5.82 Å². The van der Waals surface area contributed by atoms with Crippen LogP contribution in [0.3, 0.4) is 0 Å². The fourth-order valence-electron chi connectivity index (χ4n) is 4.60. The molecule has 2 aliphatic rings. The minimum Gasteiger partial charge on any atom is -0.352 e. The lowest BCUT2D eigenvalue weighted by Crippen LogP contribution is -2.46. The molecule has 2 aliphatic carbocycles. The van der Waals surface area contributed by atoms with E-state index < -0.39 is 6.17 Å². The van der Waals surface area contributed by atoms with Crippen LogP contribution < -0.4 is 4.90 Å². The van der Waals surface area contributed by atoms with Crippen molar-refractivity contribution >= 4 is 27.2 Å². The molecular weight excluding hydrogens is 347 g/mol. The molecule has 6 heteroatoms. The zero-order valence-corrected chi connectivity index (χ0v) is 15.5. The first-order chi connectivity index (χ1) is 12.7. The Kier molecular flexibility index (Phi) is 3.89. The Balaban J connectivity index is 1.39. The highest BCUT2D eigenvalue weighted by Gasteiger charge is 2.44. The molecular formula is C20H21FN4S. The van der Waals surface area contributed by atoms with Crippen LogP contribution in [-0.4, -0.2) is 34.4 Å². The smallest absolute Gasteiger partial charge is 0.151 e. The molecule has 3 heterocycles. The molecule has 0 N–H and O–H groups in total. The number of anilines is 1. The average Bonchev–Trinajstić information content (AvgIpc) is 3.29. The maximum Gasteiger partial charge on any atom is 0.151 e. The van der Waals surface area contributed by atoms with Crippen molar-refractivity contribution in [2.24, 2.45) is 11.8 Å². The van der Waals surface area contributed by atoms with Crippen molar-refractivity contribution in [1.29, 1.82) is 0 Å². The van der Waals surface area contributed by atoms with Crippen molar-refractivity contribution in [3.8, 4) is 10.6 Å². The quantitative estimate of drug-likeness (QED) is 0.671. The van der Waals surface area contributed by atoms with E-state index in [-0.39, 0.29) is 12.0 Å². The third kappa shape index (κ3) is 2.67. The summed E-state index contributed by atoms with van der Waals surface area (Å²) in [6, 6.07) is 8.00. The monoisotopic (exact) mass is 368 g/mol. The van der Waals surface area contributed by atoms with Crippen molar-refractivity contribution in [2.75, 3.05) is 11.9 Å². The second-order valence-corrected chi connectivity index (χ2v) is 8.68. The van der Waals surface area contributed by atoms with Gasteiger partial charge in [0, 0.05) is 19.4 Å². The summed E-state index contributed by atoms with van der Waals surface area (Å²) < 4.78 is 16.0. The number of aromatic nitrogens is 3. The summed E-state index contributed by atoms with van der Waals surface area (Å²) >= 11 is 1.66. The minimum atomic E-state index is -0.754. The predicted octanol–water partition coefficient (Wildman–Crippen LogP) is 4.72. The van der Waals surface area contributed by atoms with Crippen molar-refractivity contribution in [2.45, 2.75) is 37.9 Å². The van der Waals surface area contributed by atoms with E-state index in [0.717, 1.165) is 40.4 Å². The molecule has 0 unspecified atom stereocenters. The van der Waals surface area contributed by atoms with Gasteiger partial charge >= 0.3 is 0 Å². The Hall–Kier alpha value is -2.08. The van der Waals surface area contributed by atoms with Crippen molar-refractivity contribution < 1.29 is 4.39 Å². The first-order valence-electron chi connectivity index (χ1n) is 9.23. The highest BCUT2D eigenvalue weighted by atomic mass is 32.1. The third-order valence-electron chi connectivity index (χ3n) is 6.06. The fraction of sp³-hybridized carbons (Fsp3) is 0.450. The molecule has 0 amide bonds. The Labute approximate surface area is 156 Å². The molecule has 134 valence electrons. The van der Waals surface area contributed by atoms with E-state index in [1.165, 1.54) is 11.8 Å². The first-order valence-corrected chi connectivity index (χ1v) is 10.1. The van der Waals surface area contributed by atoms with Gasteiger partial charge in [0.05, 0.1) is 15.6 Å². The van der Waals surface area contributed by atoms with Crippen LogP contribution in [0.1, 0.15) is 25.7 Å². The number of thiophene rings is 1. The van der Waals surface area contributed by atoms with Gasteiger partial charge in [-0.1, -0.05) is 0 Å². The number of hydrogen-bond donors (Lipinski definition) is 0. The zero-order valence-electron chi connectivity index (χ0n) is 14.7. The molecule has 4 nitrogen and oxygen atoms in total. The van der Waals surface area contributed by atoms with Crippen molar-refractivity contribution in [1.82, 2.24) is 15.2 Å². The van der Waals surface area contributed by atoms with E-state index in [4.69, 9.17) is 0 Å². The average molecular weight is 368 g/mol. The lowest BCUT2D eigenvalue weighted by atomic mass is 9.83. The van der Waals surface area contributed by atoms with Gasteiger partial charge in [-0.25, -0.2) is 4.39 Å². The number of nitrogens with zero attached hydrogens (tertiary/aromatic N) is 4. The summed E-state index contributed by atoms with van der Waals surface area (Å²) in [5, 5.41) is 9.99. The fourth-order valence-corrected chi connectivity index (χ4v) is 5.59. The number of halogens is 1. The molecule has 3 aromatic rings. The van der Waals surface area contributed by atoms with Crippen LogP contribution >= 0.6 is 11.3 Å². The van der Waals surface area contributed by atoms with E-state index in [0.29, 0.717) is 5.92 Å². The zero-order chi connectivity index (χ0) is 17.7. The van der Waals surface area contributed by atoms with Gasteiger partial charge in [0.25, 0.3) is 0 Å². The van der Waals surface area contributed by atoms with Gasteiger partial charge in [-0.2, -0.15) is 0 Å². The second-order valence-electron chi connectivity index (χ2n) is 7.60. The Morgan fingerprint density at radius 1 is 1.15 bits per heavy atom. The van der Waals surface area contributed by atoms with Gasteiger partial charge in [0.1, 0.15) is 11.9 Å². The third-order valence-corrected chi connectivity index (χ3v) is 7.17. The summed E-state index contributed by atoms with van der Waals surface area (Å²) in [7, 11) is 1.96. The Bertz CT molecular complexity index is 892. The predicted molar refractivity (Wildman–Crippen MR) is 103 cm³/mol. The molecule has 0 aromatic carbocycles. The molecule has 2 fully saturated rings. The molecule has 26 heavy (non-hydrogen) atoms. The molecule has 0 aliphatic heterocycles. The van der Waals surface area contributed by atoms with Gasteiger partial charge in [-0.15, -0.1) is 21.5 Å². The molecule has 4 atom stereocenters. The maximum absolute atomic E-state index is 14.8. The summed E-state index contributed by atoms with van der Waals surface area (Å²) in [5.74, 6) is 1.67. The van der Waals surface area contributed by atoms with E-state index in [1.807, 2.05) is 36.3 Å². The maximum atomic E-state index is 14.8. The number of pyridine rings is 1. The largest absolute Gasteiger partial charge is 0.352 e.